The maximum atomic E-state index is 12.1. The fourth-order valence-electron chi connectivity index (χ4n) is 1.83. The highest BCUT2D eigenvalue weighted by Crippen LogP contribution is 2.22. The van der Waals surface area contributed by atoms with Gasteiger partial charge in [-0.2, -0.15) is 0 Å². The molecule has 0 radical (unpaired) electrons. The molecule has 22 heavy (non-hydrogen) atoms. The van der Waals surface area contributed by atoms with Crippen molar-refractivity contribution in [2.75, 3.05) is 11.9 Å². The van der Waals surface area contributed by atoms with E-state index < -0.39 is 16.0 Å². The second-order valence-electron chi connectivity index (χ2n) is 5.22. The lowest BCUT2D eigenvalue weighted by atomic mass is 10.1. The summed E-state index contributed by atoms with van der Waals surface area (Å²) < 4.78 is 26.8. The minimum Gasteiger partial charge on any atom is -0.478 e. The van der Waals surface area contributed by atoms with Crippen molar-refractivity contribution in [2.24, 2.45) is 0 Å². The predicted molar refractivity (Wildman–Crippen MR) is 86.9 cm³/mol. The number of hydrogen-bond donors (Lipinski definition) is 3. The van der Waals surface area contributed by atoms with E-state index in [1.54, 1.807) is 0 Å². The van der Waals surface area contributed by atoms with E-state index in [4.69, 9.17) is 0 Å². The van der Waals surface area contributed by atoms with E-state index in [1.165, 1.54) is 18.2 Å². The summed E-state index contributed by atoms with van der Waals surface area (Å²) in [6.07, 6.45) is 2.44. The number of carbonyl (C=O) groups is 1. The minimum atomic E-state index is -3.68. The van der Waals surface area contributed by atoms with Crippen molar-refractivity contribution in [3.63, 3.8) is 0 Å². The van der Waals surface area contributed by atoms with Crippen LogP contribution >= 0.6 is 0 Å². The molecular weight excluding hydrogens is 304 g/mol. The Morgan fingerprint density at radius 3 is 2.55 bits per heavy atom. The molecule has 0 aromatic heterocycles. The maximum absolute atomic E-state index is 12.1. The maximum Gasteiger partial charge on any atom is 0.337 e. The van der Waals surface area contributed by atoms with E-state index in [9.17, 15) is 18.3 Å². The number of carboxylic acid groups (broad SMARTS) is 1. The molecule has 0 fully saturated rings. The van der Waals surface area contributed by atoms with Crippen LogP contribution in [0.15, 0.2) is 23.1 Å². The quantitative estimate of drug-likeness (QED) is 0.606. The van der Waals surface area contributed by atoms with Gasteiger partial charge in [-0.25, -0.2) is 17.9 Å². The summed E-state index contributed by atoms with van der Waals surface area (Å²) in [5.41, 5.74) is 0.382. The molecule has 0 saturated heterocycles. The first kappa shape index (κ1) is 18.4. The van der Waals surface area contributed by atoms with E-state index in [1.807, 2.05) is 20.8 Å². The summed E-state index contributed by atoms with van der Waals surface area (Å²) in [6.45, 7) is 6.22. The SMILES string of the molecule is CCCCNS(=O)(=O)c1ccc(NC(C)CC)c(C(=O)O)c1. The molecule has 1 aromatic rings. The molecule has 0 saturated carbocycles. The summed E-state index contributed by atoms with van der Waals surface area (Å²) >= 11 is 0. The number of benzene rings is 1. The topological polar surface area (TPSA) is 95.5 Å². The van der Waals surface area contributed by atoms with Crippen molar-refractivity contribution in [1.82, 2.24) is 4.72 Å². The summed E-state index contributed by atoms with van der Waals surface area (Å²) in [5.74, 6) is -1.16. The van der Waals surface area contributed by atoms with E-state index in [0.29, 0.717) is 12.2 Å². The number of rotatable bonds is 9. The van der Waals surface area contributed by atoms with Crippen LogP contribution in [0, 0.1) is 0 Å². The van der Waals surface area contributed by atoms with E-state index >= 15 is 0 Å². The Kier molecular flexibility index (Phi) is 6.83. The zero-order valence-electron chi connectivity index (χ0n) is 13.2. The van der Waals surface area contributed by atoms with Gasteiger partial charge >= 0.3 is 5.97 Å². The van der Waals surface area contributed by atoms with E-state index in [0.717, 1.165) is 19.3 Å². The third-order valence-electron chi connectivity index (χ3n) is 3.37. The van der Waals surface area contributed by atoms with Crippen molar-refractivity contribution in [3.05, 3.63) is 23.8 Å². The number of nitrogens with one attached hydrogen (secondary N) is 2. The zero-order chi connectivity index (χ0) is 16.8. The number of anilines is 1. The van der Waals surface area contributed by atoms with Gasteiger partial charge in [0.25, 0.3) is 0 Å². The normalized spacial score (nSPS) is 12.9. The number of sulfonamides is 1. The van der Waals surface area contributed by atoms with Gasteiger partial charge in [0.05, 0.1) is 10.5 Å². The van der Waals surface area contributed by atoms with Crippen LogP contribution in [0.1, 0.15) is 50.4 Å². The molecule has 0 bridgehead atoms. The number of aromatic carboxylic acids is 1. The summed E-state index contributed by atoms with van der Waals surface area (Å²) in [4.78, 5) is 11.3. The van der Waals surface area contributed by atoms with Crippen LogP contribution in [0.4, 0.5) is 5.69 Å². The molecule has 1 atom stereocenters. The lowest BCUT2D eigenvalue weighted by Crippen LogP contribution is -2.25. The van der Waals surface area contributed by atoms with Crippen LogP contribution in [0.2, 0.25) is 0 Å². The summed E-state index contributed by atoms with van der Waals surface area (Å²) in [6, 6.07) is 4.22. The van der Waals surface area contributed by atoms with E-state index in [2.05, 4.69) is 10.0 Å². The third-order valence-corrected chi connectivity index (χ3v) is 4.83. The monoisotopic (exact) mass is 328 g/mol. The Labute approximate surface area is 132 Å². The van der Waals surface area contributed by atoms with Crippen LogP contribution in [-0.4, -0.2) is 32.1 Å². The fraction of sp³-hybridized carbons (Fsp3) is 0.533. The minimum absolute atomic E-state index is 0.0318. The highest BCUT2D eigenvalue weighted by atomic mass is 32.2. The van der Waals surface area contributed by atoms with Crippen LogP contribution in [0.25, 0.3) is 0 Å². The summed E-state index contributed by atoms with van der Waals surface area (Å²) in [7, 11) is -3.68. The lowest BCUT2D eigenvalue weighted by molar-refractivity contribution is 0.0697. The van der Waals surface area contributed by atoms with Crippen LogP contribution in [-0.2, 0) is 10.0 Å². The molecule has 0 heterocycles. The molecule has 6 nitrogen and oxygen atoms in total. The molecule has 0 aliphatic carbocycles. The van der Waals surface area contributed by atoms with Gasteiger partial charge in [0.2, 0.25) is 10.0 Å². The molecule has 7 heteroatoms. The first-order valence-electron chi connectivity index (χ1n) is 7.45. The second-order valence-corrected chi connectivity index (χ2v) is 6.98. The fourth-order valence-corrected chi connectivity index (χ4v) is 2.93. The lowest BCUT2D eigenvalue weighted by Gasteiger charge is -2.16. The average molecular weight is 328 g/mol. The predicted octanol–water partition coefficient (Wildman–Crippen LogP) is 2.67. The Bertz CT molecular complexity index is 614. The van der Waals surface area contributed by atoms with Gasteiger partial charge in [0.1, 0.15) is 0 Å². The molecule has 1 unspecified atom stereocenters. The Hall–Kier alpha value is -1.60. The molecule has 1 aromatic carbocycles. The van der Waals surface area contributed by atoms with Gasteiger partial charge in [-0.15, -0.1) is 0 Å². The smallest absolute Gasteiger partial charge is 0.337 e. The standard InChI is InChI=1S/C15H24N2O4S/c1-4-6-9-16-22(20,21)12-7-8-14(17-11(3)5-2)13(10-12)15(18)19/h7-8,10-11,16-17H,4-6,9H2,1-3H3,(H,18,19). The van der Waals surface area contributed by atoms with Gasteiger partial charge in [-0.1, -0.05) is 20.3 Å². The molecule has 0 amide bonds. The van der Waals surface area contributed by atoms with Crippen molar-refractivity contribution < 1.29 is 18.3 Å². The Morgan fingerprint density at radius 1 is 1.32 bits per heavy atom. The van der Waals surface area contributed by atoms with Gasteiger partial charge < -0.3 is 10.4 Å². The molecule has 124 valence electrons. The largest absolute Gasteiger partial charge is 0.478 e. The van der Waals surface area contributed by atoms with Crippen molar-refractivity contribution in [1.29, 1.82) is 0 Å². The number of hydrogen-bond acceptors (Lipinski definition) is 4. The molecule has 0 spiro atoms. The van der Waals surface area contributed by atoms with E-state index in [-0.39, 0.29) is 16.5 Å². The molecular formula is C15H24N2O4S. The number of unbranched alkanes of at least 4 members (excludes halogenated alkanes) is 1. The molecule has 0 aliphatic rings. The average Bonchev–Trinajstić information content (AvgIpc) is 2.47. The molecule has 0 aliphatic heterocycles. The highest BCUT2D eigenvalue weighted by molar-refractivity contribution is 7.89. The van der Waals surface area contributed by atoms with Crippen LogP contribution in [0.3, 0.4) is 0 Å². The van der Waals surface area contributed by atoms with Crippen molar-refractivity contribution in [3.8, 4) is 0 Å². The first-order chi connectivity index (χ1) is 10.3. The Balaban J connectivity index is 3.09. The van der Waals surface area contributed by atoms with Gasteiger partial charge in [0, 0.05) is 18.3 Å². The first-order valence-corrected chi connectivity index (χ1v) is 8.93. The third kappa shape index (κ3) is 4.99. The van der Waals surface area contributed by atoms with Gasteiger partial charge in [0.15, 0.2) is 0 Å². The summed E-state index contributed by atoms with van der Waals surface area (Å²) in [5, 5.41) is 12.4. The second kappa shape index (κ2) is 8.14. The van der Waals surface area contributed by atoms with Gasteiger partial charge in [-0.05, 0) is 38.0 Å². The van der Waals surface area contributed by atoms with Crippen LogP contribution in [0.5, 0.6) is 0 Å². The zero-order valence-corrected chi connectivity index (χ0v) is 14.0. The Morgan fingerprint density at radius 2 is 2.00 bits per heavy atom. The van der Waals surface area contributed by atoms with Crippen molar-refractivity contribution >= 4 is 21.7 Å². The highest BCUT2D eigenvalue weighted by Gasteiger charge is 2.19. The van der Waals surface area contributed by atoms with Crippen molar-refractivity contribution in [2.45, 2.75) is 51.0 Å². The molecule has 1 rings (SSSR count). The van der Waals surface area contributed by atoms with Crippen LogP contribution < -0.4 is 10.0 Å². The number of carboxylic acids is 1. The molecule has 3 N–H and O–H groups in total. The van der Waals surface area contributed by atoms with Gasteiger partial charge in [-0.3, -0.25) is 0 Å².